The van der Waals surface area contributed by atoms with Crippen molar-refractivity contribution in [3.05, 3.63) is 106 Å². The molecule has 6 rings (SSSR count). The lowest BCUT2D eigenvalue weighted by atomic mass is 9.91. The molecular weight excluding hydrogens is 400 g/mol. The number of aromatic nitrogens is 1. The van der Waals surface area contributed by atoms with E-state index < -0.39 is 0 Å². The first-order chi connectivity index (χ1) is 15.2. The third-order valence-electron chi connectivity index (χ3n) is 6.32. The van der Waals surface area contributed by atoms with Crippen molar-refractivity contribution in [3.63, 3.8) is 0 Å². The molecule has 0 saturated carbocycles. The summed E-state index contributed by atoms with van der Waals surface area (Å²) in [6.07, 6.45) is 0.859. The lowest BCUT2D eigenvalue weighted by molar-refractivity contribution is 0.0697. The number of aryl methyl sites for hydroxylation is 1. The van der Waals surface area contributed by atoms with Gasteiger partial charge >= 0.3 is 0 Å². The minimum atomic E-state index is -0.116. The maximum Gasteiger partial charge on any atom is 0.264 e. The summed E-state index contributed by atoms with van der Waals surface area (Å²) in [4.78, 5) is 20.3. The molecule has 3 aromatic carbocycles. The highest BCUT2D eigenvalue weighted by Gasteiger charge is 2.35. The van der Waals surface area contributed by atoms with E-state index in [4.69, 9.17) is 0 Å². The van der Waals surface area contributed by atoms with E-state index in [2.05, 4.69) is 72.6 Å². The summed E-state index contributed by atoms with van der Waals surface area (Å²) in [5.41, 5.74) is 5.99. The smallest absolute Gasteiger partial charge is 0.264 e. The lowest BCUT2D eigenvalue weighted by Crippen LogP contribution is -2.40. The van der Waals surface area contributed by atoms with E-state index in [1.807, 2.05) is 23.1 Å². The number of aromatic amines is 1. The first-order valence-electron chi connectivity index (χ1n) is 10.6. The van der Waals surface area contributed by atoms with Crippen LogP contribution in [0.3, 0.4) is 0 Å². The topological polar surface area (TPSA) is 36.1 Å². The lowest BCUT2D eigenvalue weighted by Gasteiger charge is -2.36. The Balaban J connectivity index is 1.50. The van der Waals surface area contributed by atoms with Crippen molar-refractivity contribution in [3.8, 4) is 0 Å². The summed E-state index contributed by atoms with van der Waals surface area (Å²) < 4.78 is 1.15. The van der Waals surface area contributed by atoms with E-state index in [1.54, 1.807) is 11.3 Å². The SMILES string of the molecule is Cc1ccc(C2c3[nH]c4ccccc4c3CCN2C(=O)c2cc3ccccc3s2)cc1. The number of para-hydroxylation sites is 1. The summed E-state index contributed by atoms with van der Waals surface area (Å²) >= 11 is 1.58. The number of carbonyl (C=O) groups is 1. The minimum Gasteiger partial charge on any atom is -0.356 e. The maximum atomic E-state index is 13.8. The maximum absolute atomic E-state index is 13.8. The molecule has 0 radical (unpaired) electrons. The predicted octanol–water partition coefficient (Wildman–Crippen LogP) is 6.48. The Bertz CT molecular complexity index is 1390. The van der Waals surface area contributed by atoms with Crippen LogP contribution in [0.5, 0.6) is 0 Å². The fourth-order valence-corrected chi connectivity index (χ4v) is 5.80. The van der Waals surface area contributed by atoms with Gasteiger partial charge in [-0.15, -0.1) is 11.3 Å². The molecule has 2 aromatic heterocycles. The van der Waals surface area contributed by atoms with Crippen LogP contribution in [0.4, 0.5) is 0 Å². The van der Waals surface area contributed by atoms with Crippen molar-refractivity contribution in [2.75, 3.05) is 6.54 Å². The molecule has 0 fully saturated rings. The number of hydrogen-bond acceptors (Lipinski definition) is 2. The van der Waals surface area contributed by atoms with Crippen LogP contribution in [0.15, 0.2) is 78.9 Å². The summed E-state index contributed by atoms with van der Waals surface area (Å²) in [7, 11) is 0. The Hall–Kier alpha value is -3.37. The van der Waals surface area contributed by atoms with Gasteiger partial charge < -0.3 is 9.88 Å². The molecule has 3 heterocycles. The Morgan fingerprint density at radius 1 is 1.00 bits per heavy atom. The number of thiophene rings is 1. The monoisotopic (exact) mass is 422 g/mol. The molecule has 4 heteroatoms. The van der Waals surface area contributed by atoms with Crippen molar-refractivity contribution in [1.82, 2.24) is 9.88 Å². The third kappa shape index (κ3) is 2.98. The number of hydrogen-bond donors (Lipinski definition) is 1. The first kappa shape index (κ1) is 18.4. The molecule has 1 aliphatic heterocycles. The number of nitrogens with zero attached hydrogens (tertiary/aromatic N) is 1. The van der Waals surface area contributed by atoms with Gasteiger partial charge in [0, 0.05) is 27.8 Å². The molecule has 1 aliphatic rings. The second-order valence-electron chi connectivity index (χ2n) is 8.27. The Kier molecular flexibility index (Phi) is 4.22. The van der Waals surface area contributed by atoms with Crippen molar-refractivity contribution < 1.29 is 4.79 Å². The van der Waals surface area contributed by atoms with Gasteiger partial charge in [0.1, 0.15) is 0 Å². The molecule has 0 saturated heterocycles. The summed E-state index contributed by atoms with van der Waals surface area (Å²) in [5, 5.41) is 2.40. The Morgan fingerprint density at radius 3 is 2.61 bits per heavy atom. The van der Waals surface area contributed by atoms with E-state index in [0.29, 0.717) is 6.54 Å². The highest BCUT2D eigenvalue weighted by Crippen LogP contribution is 2.40. The van der Waals surface area contributed by atoms with Gasteiger partial charge in [0.05, 0.1) is 10.9 Å². The van der Waals surface area contributed by atoms with Gasteiger partial charge in [-0.25, -0.2) is 0 Å². The van der Waals surface area contributed by atoms with Crippen LogP contribution in [0.2, 0.25) is 0 Å². The average molecular weight is 423 g/mol. The molecule has 1 N–H and O–H groups in total. The minimum absolute atomic E-state index is 0.107. The van der Waals surface area contributed by atoms with E-state index in [9.17, 15) is 4.79 Å². The molecule has 5 aromatic rings. The van der Waals surface area contributed by atoms with Crippen molar-refractivity contribution in [2.45, 2.75) is 19.4 Å². The Labute approximate surface area is 184 Å². The molecule has 152 valence electrons. The van der Waals surface area contributed by atoms with E-state index in [1.165, 1.54) is 16.5 Å². The van der Waals surface area contributed by atoms with Crippen molar-refractivity contribution >= 4 is 38.2 Å². The van der Waals surface area contributed by atoms with Gasteiger partial charge in [0.2, 0.25) is 0 Å². The third-order valence-corrected chi connectivity index (χ3v) is 7.43. The standard InChI is InChI=1S/C27H22N2OS/c1-17-10-12-18(13-11-17)26-25-21(20-7-3-4-8-22(20)28-25)14-15-29(26)27(30)24-16-19-6-2-5-9-23(19)31-24/h2-13,16,26,28H,14-15H2,1H3. The zero-order valence-electron chi connectivity index (χ0n) is 17.3. The van der Waals surface area contributed by atoms with E-state index in [0.717, 1.165) is 38.2 Å². The highest BCUT2D eigenvalue weighted by molar-refractivity contribution is 7.20. The zero-order chi connectivity index (χ0) is 20.9. The average Bonchev–Trinajstić information content (AvgIpc) is 3.40. The van der Waals surface area contributed by atoms with Gasteiger partial charge in [0.25, 0.3) is 5.91 Å². The predicted molar refractivity (Wildman–Crippen MR) is 128 cm³/mol. The molecule has 0 bridgehead atoms. The van der Waals surface area contributed by atoms with Crippen LogP contribution in [0.25, 0.3) is 21.0 Å². The van der Waals surface area contributed by atoms with Gasteiger partial charge in [0.15, 0.2) is 0 Å². The molecule has 3 nitrogen and oxygen atoms in total. The highest BCUT2D eigenvalue weighted by atomic mass is 32.1. The van der Waals surface area contributed by atoms with Crippen molar-refractivity contribution in [2.24, 2.45) is 0 Å². The zero-order valence-corrected chi connectivity index (χ0v) is 18.1. The summed E-state index contributed by atoms with van der Waals surface area (Å²) in [6, 6.07) is 27.2. The fourth-order valence-electron chi connectivity index (χ4n) is 4.78. The second kappa shape index (κ2) is 7.10. The quantitative estimate of drug-likeness (QED) is 0.347. The van der Waals surface area contributed by atoms with Crippen LogP contribution in [-0.4, -0.2) is 22.3 Å². The fraction of sp³-hybridized carbons (Fsp3) is 0.148. The number of H-pyrrole nitrogens is 1. The van der Waals surface area contributed by atoms with E-state index >= 15 is 0 Å². The molecule has 0 aliphatic carbocycles. The molecule has 1 unspecified atom stereocenters. The molecule has 1 atom stereocenters. The number of rotatable bonds is 2. The number of fused-ring (bicyclic) bond motifs is 4. The van der Waals surface area contributed by atoms with Gasteiger partial charge in [-0.2, -0.15) is 0 Å². The van der Waals surface area contributed by atoms with Crippen LogP contribution in [0.1, 0.15) is 38.1 Å². The van der Waals surface area contributed by atoms with Gasteiger partial charge in [-0.05, 0) is 48.1 Å². The van der Waals surface area contributed by atoms with E-state index in [-0.39, 0.29) is 11.9 Å². The first-order valence-corrected chi connectivity index (χ1v) is 11.5. The number of nitrogens with one attached hydrogen (secondary N) is 1. The largest absolute Gasteiger partial charge is 0.356 e. The van der Waals surface area contributed by atoms with Crippen molar-refractivity contribution in [1.29, 1.82) is 0 Å². The molecular formula is C27H22N2OS. The van der Waals surface area contributed by atoms with Gasteiger partial charge in [-0.3, -0.25) is 4.79 Å². The summed E-state index contributed by atoms with van der Waals surface area (Å²) in [6.45, 7) is 2.81. The molecule has 31 heavy (non-hydrogen) atoms. The number of carbonyl (C=O) groups excluding carboxylic acids is 1. The van der Waals surface area contributed by atoms with Gasteiger partial charge in [-0.1, -0.05) is 66.2 Å². The second-order valence-corrected chi connectivity index (χ2v) is 9.36. The van der Waals surface area contributed by atoms with Crippen LogP contribution < -0.4 is 0 Å². The number of benzene rings is 3. The normalized spacial score (nSPS) is 16.0. The van der Waals surface area contributed by atoms with Crippen LogP contribution >= 0.6 is 11.3 Å². The molecule has 1 amide bonds. The summed E-state index contributed by atoms with van der Waals surface area (Å²) in [5.74, 6) is 0.107. The van der Waals surface area contributed by atoms with Crippen LogP contribution in [-0.2, 0) is 6.42 Å². The Morgan fingerprint density at radius 2 is 1.77 bits per heavy atom. The number of amides is 1. The van der Waals surface area contributed by atoms with Crippen LogP contribution in [0, 0.1) is 6.92 Å². The molecule has 0 spiro atoms.